The summed E-state index contributed by atoms with van der Waals surface area (Å²) >= 11 is 0. The van der Waals surface area contributed by atoms with Gasteiger partial charge in [0, 0.05) is 42.3 Å². The van der Waals surface area contributed by atoms with E-state index in [1.165, 1.54) is 18.4 Å². The molecule has 2 aliphatic rings. The van der Waals surface area contributed by atoms with Crippen molar-refractivity contribution in [2.24, 2.45) is 5.73 Å². The van der Waals surface area contributed by atoms with Crippen LogP contribution in [0.15, 0.2) is 53.4 Å². The first-order chi connectivity index (χ1) is 15.4. The van der Waals surface area contributed by atoms with Gasteiger partial charge in [0.25, 0.3) is 0 Å². The highest BCUT2D eigenvalue weighted by atomic mass is 32.2. The van der Waals surface area contributed by atoms with E-state index in [2.05, 4.69) is 35.3 Å². The van der Waals surface area contributed by atoms with Gasteiger partial charge >= 0.3 is 0 Å². The van der Waals surface area contributed by atoms with E-state index in [0.29, 0.717) is 18.0 Å². The first-order valence-corrected chi connectivity index (χ1v) is 13.0. The summed E-state index contributed by atoms with van der Waals surface area (Å²) in [5.74, 6) is 0.869. The van der Waals surface area contributed by atoms with E-state index in [9.17, 15) is 8.42 Å². The highest BCUT2D eigenvalue weighted by Crippen LogP contribution is 2.33. The van der Waals surface area contributed by atoms with Crippen LogP contribution in [0.1, 0.15) is 36.8 Å². The molecule has 5 rings (SSSR count). The lowest BCUT2D eigenvalue weighted by Crippen LogP contribution is -2.42. The molecule has 3 N–H and O–H groups in total. The van der Waals surface area contributed by atoms with Gasteiger partial charge < -0.3 is 16.0 Å². The number of fused-ring (bicyclic) bond motifs is 2. The second kappa shape index (κ2) is 8.37. The molecule has 1 aliphatic carbocycles. The van der Waals surface area contributed by atoms with Crippen LogP contribution in [0.4, 0.5) is 11.5 Å². The molecule has 1 aliphatic heterocycles. The average Bonchev–Trinajstić information content (AvgIpc) is 2.91. The Bertz CT molecular complexity index is 1260. The zero-order chi connectivity index (χ0) is 22.3. The Morgan fingerprint density at radius 3 is 2.75 bits per heavy atom. The molecule has 7 heteroatoms. The summed E-state index contributed by atoms with van der Waals surface area (Å²) < 4.78 is 25.6. The Kier molecular flexibility index (Phi) is 5.55. The summed E-state index contributed by atoms with van der Waals surface area (Å²) in [4.78, 5) is 7.45. The molecule has 2 aromatic carbocycles. The molecule has 1 saturated carbocycles. The molecule has 0 unspecified atom stereocenters. The maximum absolute atomic E-state index is 12.8. The molecular weight excluding hydrogens is 420 g/mol. The molecule has 3 aromatic rings. The topological polar surface area (TPSA) is 88.3 Å². The van der Waals surface area contributed by atoms with Crippen LogP contribution < -0.4 is 16.0 Å². The van der Waals surface area contributed by atoms with Crippen molar-refractivity contribution in [2.45, 2.75) is 56.1 Å². The lowest BCUT2D eigenvalue weighted by atomic mass is 9.90. The quantitative estimate of drug-likeness (QED) is 0.627. The van der Waals surface area contributed by atoms with E-state index in [4.69, 9.17) is 10.7 Å². The Labute approximate surface area is 189 Å². The lowest BCUT2D eigenvalue weighted by molar-refractivity contribution is 0.404. The summed E-state index contributed by atoms with van der Waals surface area (Å²) in [6.07, 6.45) is 4.46. The predicted molar refractivity (Wildman–Crippen MR) is 130 cm³/mol. The number of aryl methyl sites for hydroxylation is 1. The minimum Gasteiger partial charge on any atom is -0.380 e. The SMILES string of the molecule is Cc1ccc2nc(N3CCS(=O)(=O)c4ccccc4C3)cc(N[C@@H]3CCCC[C@H]3N)c2c1. The van der Waals surface area contributed by atoms with Crippen molar-refractivity contribution in [3.8, 4) is 0 Å². The van der Waals surface area contributed by atoms with Crippen LogP contribution in [-0.4, -0.2) is 37.8 Å². The number of anilines is 2. The number of aromatic nitrogens is 1. The number of pyridine rings is 1. The number of sulfone groups is 1. The Balaban J connectivity index is 1.57. The molecule has 6 nitrogen and oxygen atoms in total. The maximum Gasteiger partial charge on any atom is 0.180 e. The van der Waals surface area contributed by atoms with Crippen molar-refractivity contribution in [3.63, 3.8) is 0 Å². The van der Waals surface area contributed by atoms with Crippen LogP contribution in [0.3, 0.4) is 0 Å². The summed E-state index contributed by atoms with van der Waals surface area (Å²) in [5, 5.41) is 4.80. The monoisotopic (exact) mass is 450 g/mol. The van der Waals surface area contributed by atoms with Gasteiger partial charge in [-0.25, -0.2) is 13.4 Å². The van der Waals surface area contributed by atoms with Crippen molar-refractivity contribution in [1.82, 2.24) is 4.98 Å². The van der Waals surface area contributed by atoms with Crippen molar-refractivity contribution in [2.75, 3.05) is 22.5 Å². The number of benzene rings is 2. The van der Waals surface area contributed by atoms with E-state index < -0.39 is 9.84 Å². The van der Waals surface area contributed by atoms with E-state index in [1.54, 1.807) is 12.1 Å². The number of nitrogens with zero attached hydrogens (tertiary/aromatic N) is 2. The van der Waals surface area contributed by atoms with Crippen molar-refractivity contribution in [1.29, 1.82) is 0 Å². The summed E-state index contributed by atoms with van der Waals surface area (Å²) in [6.45, 7) is 3.01. The fraction of sp³-hybridized carbons (Fsp3) is 0.400. The summed E-state index contributed by atoms with van der Waals surface area (Å²) in [5.41, 5.74) is 10.4. The second-order valence-corrected chi connectivity index (χ2v) is 11.2. The molecule has 2 heterocycles. The van der Waals surface area contributed by atoms with E-state index >= 15 is 0 Å². The molecule has 1 fully saturated rings. The van der Waals surface area contributed by atoms with Crippen molar-refractivity contribution < 1.29 is 8.42 Å². The first kappa shape index (κ1) is 21.2. The van der Waals surface area contributed by atoms with E-state index in [1.807, 2.05) is 18.2 Å². The number of nitrogens with two attached hydrogens (primary N) is 1. The normalized spacial score (nSPS) is 22.9. The van der Waals surface area contributed by atoms with E-state index in [0.717, 1.165) is 40.8 Å². The molecule has 0 saturated heterocycles. The van der Waals surface area contributed by atoms with Gasteiger partial charge in [-0.2, -0.15) is 0 Å². The van der Waals surface area contributed by atoms with Gasteiger partial charge in [0.05, 0.1) is 16.2 Å². The molecule has 32 heavy (non-hydrogen) atoms. The van der Waals surface area contributed by atoms with Gasteiger partial charge in [0.15, 0.2) is 9.84 Å². The van der Waals surface area contributed by atoms with E-state index in [-0.39, 0.29) is 17.8 Å². The van der Waals surface area contributed by atoms with Crippen LogP contribution in [-0.2, 0) is 16.4 Å². The smallest absolute Gasteiger partial charge is 0.180 e. The highest BCUT2D eigenvalue weighted by Gasteiger charge is 2.27. The number of rotatable bonds is 3. The lowest BCUT2D eigenvalue weighted by Gasteiger charge is -2.31. The van der Waals surface area contributed by atoms with Gasteiger partial charge in [0.2, 0.25) is 0 Å². The third-order valence-corrected chi connectivity index (χ3v) is 8.52. The third-order valence-electron chi connectivity index (χ3n) is 6.73. The number of hydrogen-bond acceptors (Lipinski definition) is 6. The average molecular weight is 451 g/mol. The molecule has 0 spiro atoms. The molecule has 0 radical (unpaired) electrons. The molecule has 2 atom stereocenters. The first-order valence-electron chi connectivity index (χ1n) is 11.4. The minimum absolute atomic E-state index is 0.0773. The fourth-order valence-electron chi connectivity index (χ4n) is 4.90. The highest BCUT2D eigenvalue weighted by molar-refractivity contribution is 7.91. The van der Waals surface area contributed by atoms with Crippen LogP contribution in [0.5, 0.6) is 0 Å². The molecule has 0 amide bonds. The maximum atomic E-state index is 12.8. The largest absolute Gasteiger partial charge is 0.380 e. The summed E-state index contributed by atoms with van der Waals surface area (Å²) in [6, 6.07) is 16.0. The number of nitrogens with one attached hydrogen (secondary N) is 1. The van der Waals surface area contributed by atoms with Gasteiger partial charge in [-0.05, 0) is 43.5 Å². The zero-order valence-electron chi connectivity index (χ0n) is 18.4. The third kappa shape index (κ3) is 4.07. The Hall–Kier alpha value is -2.64. The Morgan fingerprint density at radius 1 is 1.09 bits per heavy atom. The van der Waals surface area contributed by atoms with Gasteiger partial charge in [-0.1, -0.05) is 42.7 Å². The standard InChI is InChI=1S/C25H30N4O2S/c1-17-10-11-21-19(14-17)23(27-22-8-4-3-7-20(22)26)15-25(28-21)29-12-13-32(30,31)24-9-5-2-6-18(24)16-29/h2,5-6,9-11,14-15,20,22H,3-4,7-8,12-13,16,26H2,1H3,(H,27,28)/t20-,22-/m1/s1. The van der Waals surface area contributed by atoms with Crippen molar-refractivity contribution in [3.05, 3.63) is 59.7 Å². The molecule has 1 aromatic heterocycles. The molecule has 0 bridgehead atoms. The fourth-order valence-corrected chi connectivity index (χ4v) is 6.40. The summed E-state index contributed by atoms with van der Waals surface area (Å²) in [7, 11) is -3.31. The second-order valence-electron chi connectivity index (χ2n) is 9.10. The van der Waals surface area contributed by atoms with Crippen LogP contribution in [0, 0.1) is 6.92 Å². The van der Waals surface area contributed by atoms with Gasteiger partial charge in [-0.3, -0.25) is 0 Å². The van der Waals surface area contributed by atoms with Crippen LogP contribution >= 0.6 is 0 Å². The number of hydrogen-bond donors (Lipinski definition) is 2. The van der Waals surface area contributed by atoms with Crippen LogP contribution in [0.25, 0.3) is 10.9 Å². The predicted octanol–water partition coefficient (Wildman–Crippen LogP) is 4.02. The molecular formula is C25H30N4O2S. The van der Waals surface area contributed by atoms with Gasteiger partial charge in [-0.15, -0.1) is 0 Å². The van der Waals surface area contributed by atoms with Crippen LogP contribution in [0.2, 0.25) is 0 Å². The minimum atomic E-state index is -3.31. The molecule has 168 valence electrons. The zero-order valence-corrected chi connectivity index (χ0v) is 19.2. The van der Waals surface area contributed by atoms with Crippen molar-refractivity contribution >= 4 is 32.2 Å². The van der Waals surface area contributed by atoms with Gasteiger partial charge in [0.1, 0.15) is 5.82 Å². The Morgan fingerprint density at radius 2 is 1.91 bits per heavy atom.